The highest BCUT2D eigenvalue weighted by atomic mass is 35.5. The molecule has 1 aromatic heterocycles. The molecule has 0 spiro atoms. The number of para-hydroxylation sites is 1. The van der Waals surface area contributed by atoms with Crippen LogP contribution in [0.3, 0.4) is 0 Å². The van der Waals surface area contributed by atoms with E-state index in [1.807, 2.05) is 61.5 Å². The average molecular weight is 409 g/mol. The molecule has 6 heteroatoms. The highest BCUT2D eigenvalue weighted by molar-refractivity contribution is 7.21. The number of benzene rings is 3. The van der Waals surface area contributed by atoms with Gasteiger partial charge >= 0.3 is 0 Å². The number of nitrogens with zero attached hydrogens (tertiary/aromatic N) is 1. The maximum atomic E-state index is 12.2. The summed E-state index contributed by atoms with van der Waals surface area (Å²) in [5.41, 5.74) is 3.51. The van der Waals surface area contributed by atoms with Gasteiger partial charge in [-0.2, -0.15) is 0 Å². The molecule has 0 saturated carbocycles. The van der Waals surface area contributed by atoms with Crippen LogP contribution in [0.5, 0.6) is 5.75 Å². The molecule has 4 aromatic rings. The van der Waals surface area contributed by atoms with E-state index in [4.69, 9.17) is 16.3 Å². The number of rotatable bonds is 5. The van der Waals surface area contributed by atoms with Crippen molar-refractivity contribution in [1.29, 1.82) is 0 Å². The summed E-state index contributed by atoms with van der Waals surface area (Å²) >= 11 is 7.95. The van der Waals surface area contributed by atoms with E-state index in [0.717, 1.165) is 26.4 Å². The van der Waals surface area contributed by atoms with Gasteiger partial charge in [-0.25, -0.2) is 4.98 Å². The smallest absolute Gasteiger partial charge is 0.262 e. The van der Waals surface area contributed by atoms with Gasteiger partial charge in [0, 0.05) is 11.3 Å². The van der Waals surface area contributed by atoms with Crippen LogP contribution in [0, 0.1) is 6.92 Å². The first-order valence-corrected chi connectivity index (χ1v) is 9.93. The second-order valence-corrected chi connectivity index (χ2v) is 7.77. The maximum absolute atomic E-state index is 12.2. The van der Waals surface area contributed by atoms with E-state index in [1.165, 1.54) is 0 Å². The number of anilines is 1. The Labute approximate surface area is 171 Å². The molecule has 1 heterocycles. The quantitative estimate of drug-likeness (QED) is 0.444. The van der Waals surface area contributed by atoms with Crippen LogP contribution in [-0.2, 0) is 4.79 Å². The molecule has 3 aromatic carbocycles. The van der Waals surface area contributed by atoms with E-state index in [0.29, 0.717) is 16.5 Å². The van der Waals surface area contributed by atoms with Crippen LogP contribution < -0.4 is 10.1 Å². The average Bonchev–Trinajstić information content (AvgIpc) is 3.13. The summed E-state index contributed by atoms with van der Waals surface area (Å²) in [5.74, 6) is 0.421. The summed E-state index contributed by atoms with van der Waals surface area (Å²) < 4.78 is 6.62. The molecule has 0 saturated heterocycles. The lowest BCUT2D eigenvalue weighted by molar-refractivity contribution is -0.118. The second kappa shape index (κ2) is 8.00. The highest BCUT2D eigenvalue weighted by Crippen LogP contribution is 2.35. The van der Waals surface area contributed by atoms with Gasteiger partial charge in [0.1, 0.15) is 10.8 Å². The number of carbonyl (C=O) groups excluding carboxylic acids is 1. The van der Waals surface area contributed by atoms with E-state index in [1.54, 1.807) is 23.5 Å². The largest absolute Gasteiger partial charge is 0.484 e. The normalized spacial score (nSPS) is 10.8. The third kappa shape index (κ3) is 4.16. The lowest BCUT2D eigenvalue weighted by Crippen LogP contribution is -2.20. The van der Waals surface area contributed by atoms with Gasteiger partial charge in [0.15, 0.2) is 6.61 Å². The van der Waals surface area contributed by atoms with Crippen LogP contribution in [0.25, 0.3) is 20.8 Å². The van der Waals surface area contributed by atoms with Gasteiger partial charge in [0.25, 0.3) is 5.91 Å². The van der Waals surface area contributed by atoms with Crippen molar-refractivity contribution in [1.82, 2.24) is 4.98 Å². The first-order chi connectivity index (χ1) is 13.6. The van der Waals surface area contributed by atoms with Crippen molar-refractivity contribution in [2.75, 3.05) is 11.9 Å². The molecule has 0 atom stereocenters. The third-order valence-electron chi connectivity index (χ3n) is 4.17. The Morgan fingerprint density at radius 2 is 1.89 bits per heavy atom. The van der Waals surface area contributed by atoms with E-state index >= 15 is 0 Å². The first-order valence-electron chi connectivity index (χ1n) is 8.73. The third-order valence-corrected chi connectivity index (χ3v) is 5.56. The molecule has 1 N–H and O–H groups in total. The molecule has 0 unspecified atom stereocenters. The predicted octanol–water partition coefficient (Wildman–Crippen LogP) is 5.94. The topological polar surface area (TPSA) is 51.2 Å². The van der Waals surface area contributed by atoms with E-state index in [-0.39, 0.29) is 12.5 Å². The minimum absolute atomic E-state index is 0.0673. The number of aromatic nitrogens is 1. The zero-order valence-corrected chi connectivity index (χ0v) is 16.7. The van der Waals surface area contributed by atoms with Crippen LogP contribution in [-0.4, -0.2) is 17.5 Å². The molecular weight excluding hydrogens is 392 g/mol. The summed E-state index contributed by atoms with van der Waals surface area (Å²) in [7, 11) is 0. The summed E-state index contributed by atoms with van der Waals surface area (Å²) in [5, 5.41) is 4.26. The Kier molecular flexibility index (Phi) is 5.28. The monoisotopic (exact) mass is 408 g/mol. The van der Waals surface area contributed by atoms with Crippen molar-refractivity contribution in [3.05, 3.63) is 77.3 Å². The molecule has 0 aliphatic heterocycles. The Bertz CT molecular complexity index is 1110. The van der Waals surface area contributed by atoms with Crippen LogP contribution >= 0.6 is 22.9 Å². The molecule has 0 aliphatic rings. The molecule has 0 aliphatic carbocycles. The molecule has 140 valence electrons. The second-order valence-electron chi connectivity index (χ2n) is 6.33. The lowest BCUT2D eigenvalue weighted by Gasteiger charge is -2.09. The molecule has 0 radical (unpaired) electrons. The number of thiazole rings is 1. The van der Waals surface area contributed by atoms with Crippen LogP contribution in [0.15, 0.2) is 66.7 Å². The van der Waals surface area contributed by atoms with E-state index < -0.39 is 0 Å². The Morgan fingerprint density at radius 1 is 1.11 bits per heavy atom. The van der Waals surface area contributed by atoms with Gasteiger partial charge in [-0.1, -0.05) is 41.4 Å². The summed E-state index contributed by atoms with van der Waals surface area (Å²) in [6.45, 7) is 1.93. The maximum Gasteiger partial charge on any atom is 0.262 e. The van der Waals surface area contributed by atoms with Crippen LogP contribution in [0.1, 0.15) is 5.56 Å². The minimum Gasteiger partial charge on any atom is -0.484 e. The van der Waals surface area contributed by atoms with Gasteiger partial charge in [-0.05, 0) is 49.4 Å². The molecule has 28 heavy (non-hydrogen) atoms. The van der Waals surface area contributed by atoms with E-state index in [9.17, 15) is 4.79 Å². The highest BCUT2D eigenvalue weighted by Gasteiger charge is 2.12. The number of halogens is 1. The number of amides is 1. The fourth-order valence-corrected chi connectivity index (χ4v) is 3.99. The van der Waals surface area contributed by atoms with Gasteiger partial charge < -0.3 is 10.1 Å². The summed E-state index contributed by atoms with van der Waals surface area (Å²) in [4.78, 5) is 16.9. The van der Waals surface area contributed by atoms with Crippen molar-refractivity contribution >= 4 is 44.7 Å². The molecule has 0 fully saturated rings. The molecule has 4 rings (SSSR count). The number of hydrogen-bond donors (Lipinski definition) is 1. The zero-order valence-electron chi connectivity index (χ0n) is 15.1. The van der Waals surface area contributed by atoms with Crippen molar-refractivity contribution in [3.8, 4) is 16.3 Å². The predicted molar refractivity (Wildman–Crippen MR) is 115 cm³/mol. The fourth-order valence-electron chi connectivity index (χ4n) is 2.73. The number of hydrogen-bond acceptors (Lipinski definition) is 4. The summed E-state index contributed by atoms with van der Waals surface area (Å²) in [6, 6.07) is 20.9. The zero-order chi connectivity index (χ0) is 19.5. The SMILES string of the molecule is Cc1ccc(OCC(=O)Nc2ccc(Cl)c(-c3nc4ccccc4s3)c2)cc1. The van der Waals surface area contributed by atoms with Gasteiger partial charge in [0.2, 0.25) is 0 Å². The van der Waals surface area contributed by atoms with Crippen molar-refractivity contribution < 1.29 is 9.53 Å². The number of nitrogens with one attached hydrogen (secondary N) is 1. The van der Waals surface area contributed by atoms with E-state index in [2.05, 4.69) is 10.3 Å². The number of ether oxygens (including phenoxy) is 1. The Morgan fingerprint density at radius 3 is 2.68 bits per heavy atom. The minimum atomic E-state index is -0.238. The number of aryl methyl sites for hydroxylation is 1. The molecular formula is C22H17ClN2O2S. The molecule has 1 amide bonds. The summed E-state index contributed by atoms with van der Waals surface area (Å²) in [6.07, 6.45) is 0. The van der Waals surface area contributed by atoms with Gasteiger partial charge in [-0.3, -0.25) is 4.79 Å². The molecule has 0 bridgehead atoms. The Balaban J connectivity index is 1.48. The first kappa shape index (κ1) is 18.5. The number of carbonyl (C=O) groups is 1. The lowest BCUT2D eigenvalue weighted by atomic mass is 10.2. The van der Waals surface area contributed by atoms with Crippen molar-refractivity contribution in [2.45, 2.75) is 6.92 Å². The fraction of sp³-hybridized carbons (Fsp3) is 0.0909. The van der Waals surface area contributed by atoms with Crippen molar-refractivity contribution in [3.63, 3.8) is 0 Å². The van der Waals surface area contributed by atoms with Crippen LogP contribution in [0.2, 0.25) is 5.02 Å². The van der Waals surface area contributed by atoms with Crippen LogP contribution in [0.4, 0.5) is 5.69 Å². The van der Waals surface area contributed by atoms with Crippen molar-refractivity contribution in [2.24, 2.45) is 0 Å². The van der Waals surface area contributed by atoms with Gasteiger partial charge in [-0.15, -0.1) is 11.3 Å². The van der Waals surface area contributed by atoms with Gasteiger partial charge in [0.05, 0.1) is 15.2 Å². The number of fused-ring (bicyclic) bond motifs is 1. The standard InChI is InChI=1S/C22H17ClN2O2S/c1-14-6-9-16(10-7-14)27-13-21(26)24-15-8-11-18(23)17(12-15)22-25-19-4-2-3-5-20(19)28-22/h2-12H,13H2,1H3,(H,24,26). The molecule has 4 nitrogen and oxygen atoms in total. The Hall–Kier alpha value is -2.89.